The highest BCUT2D eigenvalue weighted by Crippen LogP contribution is 2.04. The first kappa shape index (κ1) is 11.4. The van der Waals surface area contributed by atoms with Crippen LogP contribution in [0.2, 0.25) is 0 Å². The highest BCUT2D eigenvalue weighted by atomic mass is 16.6. The average Bonchev–Trinajstić information content (AvgIpc) is 2.00. The predicted octanol–water partition coefficient (Wildman–Crippen LogP) is 1.75. The summed E-state index contributed by atoms with van der Waals surface area (Å²) >= 11 is 0. The van der Waals surface area contributed by atoms with Gasteiger partial charge in [-0.1, -0.05) is 6.92 Å². The van der Waals surface area contributed by atoms with Gasteiger partial charge in [0.05, 0.1) is 12.7 Å². The summed E-state index contributed by atoms with van der Waals surface area (Å²) < 4.78 is 10.2. The van der Waals surface area contributed by atoms with E-state index in [1.54, 1.807) is 6.92 Å². The van der Waals surface area contributed by atoms with Crippen molar-refractivity contribution in [2.45, 2.75) is 46.3 Å². The van der Waals surface area contributed by atoms with Crippen molar-refractivity contribution in [1.82, 2.24) is 0 Å². The Morgan fingerprint density at radius 1 is 1.33 bits per heavy atom. The summed E-state index contributed by atoms with van der Waals surface area (Å²) in [6.45, 7) is 7.92. The van der Waals surface area contributed by atoms with Gasteiger partial charge >= 0.3 is 5.97 Å². The van der Waals surface area contributed by atoms with Crippen LogP contribution in [0.3, 0.4) is 0 Å². The van der Waals surface area contributed by atoms with Gasteiger partial charge in [-0.25, -0.2) is 4.79 Å². The first-order valence-corrected chi connectivity index (χ1v) is 4.43. The lowest BCUT2D eigenvalue weighted by Crippen LogP contribution is -2.28. The number of carbonyl (C=O) groups excluding carboxylic acids is 1. The van der Waals surface area contributed by atoms with Crippen LogP contribution in [0.15, 0.2) is 0 Å². The van der Waals surface area contributed by atoms with Crippen LogP contribution in [0.5, 0.6) is 0 Å². The molecule has 0 spiro atoms. The smallest absolute Gasteiger partial charge is 0.335 e. The third-order valence-electron chi connectivity index (χ3n) is 1.36. The van der Waals surface area contributed by atoms with Crippen molar-refractivity contribution >= 4 is 5.97 Å². The second kappa shape index (κ2) is 6.00. The summed E-state index contributed by atoms with van der Waals surface area (Å²) in [5, 5.41) is 0. The molecule has 12 heavy (non-hydrogen) atoms. The largest absolute Gasteiger partial charge is 0.464 e. The molecule has 3 heteroatoms. The Hall–Kier alpha value is -0.570. The van der Waals surface area contributed by atoms with Crippen molar-refractivity contribution < 1.29 is 14.3 Å². The lowest BCUT2D eigenvalue weighted by molar-refractivity contribution is -0.159. The van der Waals surface area contributed by atoms with Gasteiger partial charge in [0.15, 0.2) is 6.10 Å². The van der Waals surface area contributed by atoms with Crippen molar-refractivity contribution in [2.24, 2.45) is 0 Å². The molecule has 0 fully saturated rings. The standard InChI is InChI=1S/C9H18O3/c1-5-8(12-7(3)4)9(10)11-6-2/h7-8H,5-6H2,1-4H3. The zero-order chi connectivity index (χ0) is 9.56. The Morgan fingerprint density at radius 3 is 2.25 bits per heavy atom. The molecule has 0 saturated carbocycles. The lowest BCUT2D eigenvalue weighted by atomic mass is 10.3. The number of carbonyl (C=O) groups is 1. The fraction of sp³-hybridized carbons (Fsp3) is 0.889. The second-order valence-electron chi connectivity index (χ2n) is 2.83. The second-order valence-corrected chi connectivity index (χ2v) is 2.83. The van der Waals surface area contributed by atoms with Crippen LogP contribution in [0.4, 0.5) is 0 Å². The van der Waals surface area contributed by atoms with Gasteiger partial charge < -0.3 is 9.47 Å². The molecule has 1 unspecified atom stereocenters. The van der Waals surface area contributed by atoms with Crippen LogP contribution in [0.1, 0.15) is 34.1 Å². The molecule has 0 saturated heterocycles. The number of hydrogen-bond acceptors (Lipinski definition) is 3. The van der Waals surface area contributed by atoms with Crippen molar-refractivity contribution in [3.05, 3.63) is 0 Å². The number of rotatable bonds is 5. The molecule has 0 radical (unpaired) electrons. The lowest BCUT2D eigenvalue weighted by Gasteiger charge is -2.16. The highest BCUT2D eigenvalue weighted by molar-refractivity contribution is 5.74. The normalized spacial score (nSPS) is 13.1. The maximum absolute atomic E-state index is 11.2. The minimum absolute atomic E-state index is 0.0688. The SMILES string of the molecule is CCOC(=O)C(CC)OC(C)C. The van der Waals surface area contributed by atoms with Crippen LogP contribution >= 0.6 is 0 Å². The Morgan fingerprint density at radius 2 is 1.92 bits per heavy atom. The quantitative estimate of drug-likeness (QED) is 0.596. The van der Waals surface area contributed by atoms with E-state index >= 15 is 0 Å². The molecule has 0 rings (SSSR count). The molecule has 0 aliphatic heterocycles. The van der Waals surface area contributed by atoms with Crippen LogP contribution in [0.25, 0.3) is 0 Å². The van der Waals surface area contributed by atoms with E-state index in [4.69, 9.17) is 9.47 Å². The highest BCUT2D eigenvalue weighted by Gasteiger charge is 2.18. The van der Waals surface area contributed by atoms with Gasteiger partial charge in [-0.15, -0.1) is 0 Å². The summed E-state index contributed by atoms with van der Waals surface area (Å²) in [7, 11) is 0. The van der Waals surface area contributed by atoms with Gasteiger partial charge in [-0.3, -0.25) is 0 Å². The monoisotopic (exact) mass is 174 g/mol. The zero-order valence-electron chi connectivity index (χ0n) is 8.29. The van der Waals surface area contributed by atoms with Gasteiger partial charge in [0.25, 0.3) is 0 Å². The van der Waals surface area contributed by atoms with E-state index in [9.17, 15) is 4.79 Å². The molecule has 0 aliphatic carbocycles. The third kappa shape index (κ3) is 4.34. The number of hydrogen-bond donors (Lipinski definition) is 0. The van der Waals surface area contributed by atoms with Gasteiger partial charge in [-0.05, 0) is 27.2 Å². The zero-order valence-corrected chi connectivity index (χ0v) is 8.29. The molecule has 3 nitrogen and oxygen atoms in total. The van der Waals surface area contributed by atoms with Crippen LogP contribution in [-0.4, -0.2) is 24.8 Å². The fourth-order valence-electron chi connectivity index (χ4n) is 0.882. The molecule has 72 valence electrons. The van der Waals surface area contributed by atoms with Gasteiger partial charge in [0.1, 0.15) is 0 Å². The maximum Gasteiger partial charge on any atom is 0.335 e. The van der Waals surface area contributed by atoms with E-state index in [2.05, 4.69) is 0 Å². The molecule has 0 heterocycles. The molecule has 1 atom stereocenters. The van der Waals surface area contributed by atoms with Gasteiger partial charge in [0, 0.05) is 0 Å². The predicted molar refractivity (Wildman–Crippen MR) is 46.9 cm³/mol. The molecule has 0 aliphatic rings. The molecular weight excluding hydrogens is 156 g/mol. The van der Waals surface area contributed by atoms with Crippen LogP contribution in [0, 0.1) is 0 Å². The van der Waals surface area contributed by atoms with E-state index in [1.807, 2.05) is 20.8 Å². The van der Waals surface area contributed by atoms with Crippen LogP contribution in [-0.2, 0) is 14.3 Å². The fourth-order valence-corrected chi connectivity index (χ4v) is 0.882. The Balaban J connectivity index is 3.87. The van der Waals surface area contributed by atoms with Crippen LogP contribution < -0.4 is 0 Å². The topological polar surface area (TPSA) is 35.5 Å². The number of ether oxygens (including phenoxy) is 2. The van der Waals surface area contributed by atoms with E-state index in [0.717, 1.165) is 0 Å². The summed E-state index contributed by atoms with van der Waals surface area (Å²) in [5.41, 5.74) is 0. The maximum atomic E-state index is 11.2. The average molecular weight is 174 g/mol. The molecule has 0 aromatic rings. The van der Waals surface area contributed by atoms with Gasteiger partial charge in [-0.2, -0.15) is 0 Å². The Kier molecular flexibility index (Phi) is 5.72. The third-order valence-corrected chi connectivity index (χ3v) is 1.36. The summed E-state index contributed by atoms with van der Waals surface area (Å²) in [4.78, 5) is 11.2. The molecule has 0 bridgehead atoms. The van der Waals surface area contributed by atoms with Crippen molar-refractivity contribution in [1.29, 1.82) is 0 Å². The van der Waals surface area contributed by atoms with Crippen molar-refractivity contribution in [2.75, 3.05) is 6.61 Å². The van der Waals surface area contributed by atoms with E-state index in [0.29, 0.717) is 13.0 Å². The van der Waals surface area contributed by atoms with Crippen molar-refractivity contribution in [3.8, 4) is 0 Å². The minimum atomic E-state index is -0.398. The Bertz CT molecular complexity index is 132. The summed E-state index contributed by atoms with van der Waals surface area (Å²) in [6, 6.07) is 0. The summed E-state index contributed by atoms with van der Waals surface area (Å²) in [5.74, 6) is -0.256. The first-order valence-electron chi connectivity index (χ1n) is 4.43. The van der Waals surface area contributed by atoms with E-state index < -0.39 is 6.10 Å². The molecule has 0 aromatic carbocycles. The minimum Gasteiger partial charge on any atom is -0.464 e. The molecule has 0 aromatic heterocycles. The molecular formula is C9H18O3. The van der Waals surface area contributed by atoms with Gasteiger partial charge in [0.2, 0.25) is 0 Å². The summed E-state index contributed by atoms with van der Waals surface area (Å²) in [6.07, 6.45) is 0.334. The number of esters is 1. The van der Waals surface area contributed by atoms with E-state index in [1.165, 1.54) is 0 Å². The first-order chi connectivity index (χ1) is 5.61. The molecule has 0 amide bonds. The molecule has 0 N–H and O–H groups in total. The van der Waals surface area contributed by atoms with E-state index in [-0.39, 0.29) is 12.1 Å². The van der Waals surface area contributed by atoms with Crippen molar-refractivity contribution in [3.63, 3.8) is 0 Å². The Labute approximate surface area is 74.0 Å².